The van der Waals surface area contributed by atoms with E-state index < -0.39 is 0 Å². The molecule has 1 heterocycles. The molecule has 0 bridgehead atoms. The summed E-state index contributed by atoms with van der Waals surface area (Å²) in [5.74, 6) is 0.224. The van der Waals surface area contributed by atoms with Crippen LogP contribution in [0, 0.1) is 17.2 Å². The predicted molar refractivity (Wildman–Crippen MR) is 45.0 cm³/mol. The minimum Gasteiger partial charge on any atom is -0.297 e. The van der Waals surface area contributed by atoms with Gasteiger partial charge in [0.25, 0.3) is 0 Å². The second kappa shape index (κ2) is 2.83. The van der Waals surface area contributed by atoms with Crippen molar-refractivity contribution in [3.8, 4) is 6.07 Å². The molecular formula is C9H16N2. The molecule has 1 unspecified atom stereocenters. The minimum atomic E-state index is 0.101. The van der Waals surface area contributed by atoms with Gasteiger partial charge in [-0.15, -0.1) is 0 Å². The Morgan fingerprint density at radius 2 is 2.27 bits per heavy atom. The molecule has 0 N–H and O–H groups in total. The highest BCUT2D eigenvalue weighted by atomic mass is 15.2. The molecule has 1 aliphatic rings. The van der Waals surface area contributed by atoms with Crippen LogP contribution in [-0.2, 0) is 0 Å². The molecule has 0 amide bonds. The number of hydrogen-bond acceptors (Lipinski definition) is 2. The summed E-state index contributed by atoms with van der Waals surface area (Å²) >= 11 is 0. The molecular weight excluding hydrogens is 136 g/mol. The molecule has 0 saturated carbocycles. The molecule has 1 atom stereocenters. The average molecular weight is 152 g/mol. The largest absolute Gasteiger partial charge is 0.297 e. The quantitative estimate of drug-likeness (QED) is 0.571. The van der Waals surface area contributed by atoms with Gasteiger partial charge < -0.3 is 0 Å². The normalized spacial score (nSPS) is 30.2. The van der Waals surface area contributed by atoms with Gasteiger partial charge in [0.2, 0.25) is 0 Å². The Hall–Kier alpha value is -0.550. The van der Waals surface area contributed by atoms with Gasteiger partial charge in [-0.3, -0.25) is 4.90 Å². The number of nitriles is 1. The van der Waals surface area contributed by atoms with Gasteiger partial charge in [-0.25, -0.2) is 0 Å². The van der Waals surface area contributed by atoms with Crippen LogP contribution in [-0.4, -0.2) is 23.5 Å². The maximum absolute atomic E-state index is 8.84. The molecule has 1 fully saturated rings. The van der Waals surface area contributed by atoms with Crippen LogP contribution in [0.1, 0.15) is 27.2 Å². The molecule has 1 rings (SSSR count). The summed E-state index contributed by atoms with van der Waals surface area (Å²) in [7, 11) is 0. The Morgan fingerprint density at radius 3 is 2.55 bits per heavy atom. The van der Waals surface area contributed by atoms with Crippen LogP contribution in [0.25, 0.3) is 0 Å². The van der Waals surface area contributed by atoms with Crippen LogP contribution >= 0.6 is 0 Å². The molecule has 0 aromatic rings. The fourth-order valence-electron chi connectivity index (χ4n) is 1.93. The SMILES string of the molecule is CCN1CCC(C#N)C1(C)C. The van der Waals surface area contributed by atoms with Crippen molar-refractivity contribution >= 4 is 0 Å². The molecule has 0 aliphatic carbocycles. The number of rotatable bonds is 1. The summed E-state index contributed by atoms with van der Waals surface area (Å²) in [6.07, 6.45) is 1.04. The van der Waals surface area contributed by atoms with Gasteiger partial charge in [0, 0.05) is 12.1 Å². The Kier molecular flexibility index (Phi) is 2.20. The molecule has 1 saturated heterocycles. The molecule has 0 radical (unpaired) electrons. The maximum Gasteiger partial charge on any atom is 0.0675 e. The van der Waals surface area contributed by atoms with Crippen LogP contribution in [0.15, 0.2) is 0 Å². The zero-order valence-electron chi connectivity index (χ0n) is 7.59. The predicted octanol–water partition coefficient (Wildman–Crippen LogP) is 1.63. The highest BCUT2D eigenvalue weighted by Gasteiger charge is 2.40. The molecule has 0 spiro atoms. The van der Waals surface area contributed by atoms with E-state index in [2.05, 4.69) is 31.7 Å². The minimum absolute atomic E-state index is 0.101. The van der Waals surface area contributed by atoms with Gasteiger partial charge in [0.15, 0.2) is 0 Å². The van der Waals surface area contributed by atoms with Crippen molar-refractivity contribution in [1.82, 2.24) is 4.90 Å². The van der Waals surface area contributed by atoms with E-state index in [1.54, 1.807) is 0 Å². The zero-order valence-corrected chi connectivity index (χ0v) is 7.59. The second-order valence-electron chi connectivity index (χ2n) is 3.70. The highest BCUT2D eigenvalue weighted by molar-refractivity contribution is 5.04. The Bertz CT molecular complexity index is 178. The summed E-state index contributed by atoms with van der Waals surface area (Å²) in [5, 5.41) is 8.84. The summed E-state index contributed by atoms with van der Waals surface area (Å²) in [6.45, 7) is 8.63. The van der Waals surface area contributed by atoms with E-state index in [0.717, 1.165) is 19.5 Å². The smallest absolute Gasteiger partial charge is 0.0675 e. The van der Waals surface area contributed by atoms with E-state index in [1.165, 1.54) is 0 Å². The molecule has 1 aliphatic heterocycles. The highest BCUT2D eigenvalue weighted by Crippen LogP contribution is 2.33. The number of hydrogen-bond donors (Lipinski definition) is 0. The van der Waals surface area contributed by atoms with Gasteiger partial charge in [0.1, 0.15) is 0 Å². The van der Waals surface area contributed by atoms with Crippen molar-refractivity contribution in [2.24, 2.45) is 5.92 Å². The van der Waals surface area contributed by atoms with Crippen molar-refractivity contribution in [3.63, 3.8) is 0 Å². The first-order chi connectivity index (χ1) is 5.12. The molecule has 2 nitrogen and oxygen atoms in total. The first-order valence-electron chi connectivity index (χ1n) is 4.27. The van der Waals surface area contributed by atoms with Gasteiger partial charge in [-0.2, -0.15) is 5.26 Å². The summed E-state index contributed by atoms with van der Waals surface area (Å²) in [6, 6.07) is 2.38. The van der Waals surface area contributed by atoms with Crippen LogP contribution in [0.4, 0.5) is 0 Å². The van der Waals surface area contributed by atoms with Gasteiger partial charge in [-0.05, 0) is 26.8 Å². The molecule has 0 aromatic heterocycles. The van der Waals surface area contributed by atoms with Gasteiger partial charge in [-0.1, -0.05) is 6.92 Å². The van der Waals surface area contributed by atoms with Crippen molar-refractivity contribution in [3.05, 3.63) is 0 Å². The van der Waals surface area contributed by atoms with E-state index in [1.807, 2.05) is 0 Å². The van der Waals surface area contributed by atoms with Gasteiger partial charge >= 0.3 is 0 Å². The van der Waals surface area contributed by atoms with E-state index >= 15 is 0 Å². The topological polar surface area (TPSA) is 27.0 Å². The van der Waals surface area contributed by atoms with Gasteiger partial charge in [0.05, 0.1) is 12.0 Å². The maximum atomic E-state index is 8.84. The summed E-state index contributed by atoms with van der Waals surface area (Å²) in [4.78, 5) is 2.38. The Morgan fingerprint density at radius 1 is 1.64 bits per heavy atom. The summed E-state index contributed by atoms with van der Waals surface area (Å²) in [5.41, 5.74) is 0.101. The Labute approximate surface area is 68.8 Å². The number of nitrogens with zero attached hydrogens (tertiary/aromatic N) is 2. The fourth-order valence-corrected chi connectivity index (χ4v) is 1.93. The van der Waals surface area contributed by atoms with Crippen LogP contribution in [0.5, 0.6) is 0 Å². The van der Waals surface area contributed by atoms with E-state index in [-0.39, 0.29) is 11.5 Å². The lowest BCUT2D eigenvalue weighted by atomic mass is 9.90. The molecule has 11 heavy (non-hydrogen) atoms. The average Bonchev–Trinajstić information content (AvgIpc) is 2.24. The van der Waals surface area contributed by atoms with Crippen molar-refractivity contribution in [1.29, 1.82) is 5.26 Å². The van der Waals surface area contributed by atoms with E-state index in [9.17, 15) is 0 Å². The first kappa shape index (κ1) is 8.55. The Balaban J connectivity index is 2.74. The van der Waals surface area contributed by atoms with Crippen LogP contribution < -0.4 is 0 Å². The zero-order chi connectivity index (χ0) is 8.48. The first-order valence-corrected chi connectivity index (χ1v) is 4.27. The molecule has 0 aromatic carbocycles. The lowest BCUT2D eigenvalue weighted by Crippen LogP contribution is -2.41. The lowest BCUT2D eigenvalue weighted by molar-refractivity contribution is 0.164. The third-order valence-corrected chi connectivity index (χ3v) is 2.89. The van der Waals surface area contributed by atoms with E-state index in [4.69, 9.17) is 5.26 Å². The summed E-state index contributed by atoms with van der Waals surface area (Å²) < 4.78 is 0. The van der Waals surface area contributed by atoms with Crippen molar-refractivity contribution < 1.29 is 0 Å². The number of likely N-dealkylation sites (tertiary alicyclic amines) is 1. The third-order valence-electron chi connectivity index (χ3n) is 2.89. The monoisotopic (exact) mass is 152 g/mol. The van der Waals surface area contributed by atoms with Crippen molar-refractivity contribution in [2.75, 3.05) is 13.1 Å². The fraction of sp³-hybridized carbons (Fsp3) is 0.889. The third kappa shape index (κ3) is 1.25. The van der Waals surface area contributed by atoms with Crippen LogP contribution in [0.2, 0.25) is 0 Å². The van der Waals surface area contributed by atoms with Crippen molar-refractivity contribution in [2.45, 2.75) is 32.7 Å². The van der Waals surface area contributed by atoms with Crippen LogP contribution in [0.3, 0.4) is 0 Å². The molecule has 62 valence electrons. The standard InChI is InChI=1S/C9H16N2/c1-4-11-6-5-8(7-10)9(11,2)3/h8H,4-6H2,1-3H3. The molecule has 2 heteroatoms. The second-order valence-corrected chi connectivity index (χ2v) is 3.70. The van der Waals surface area contributed by atoms with E-state index in [0.29, 0.717) is 0 Å². The lowest BCUT2D eigenvalue weighted by Gasteiger charge is -2.32.